The molecule has 0 aliphatic carbocycles. The number of aliphatic hydroxyl groups excluding tert-OH is 1. The Hall–Kier alpha value is -1.95. The number of nitrogens with zero attached hydrogens (tertiary/aromatic N) is 2. The number of nitro benzene ring substituents is 1. The summed E-state index contributed by atoms with van der Waals surface area (Å²) >= 11 is 0. The fraction of sp³-hybridized carbons (Fsp3) is 0.500. The van der Waals surface area contributed by atoms with Crippen molar-refractivity contribution in [3.8, 4) is 0 Å². The van der Waals surface area contributed by atoms with Gasteiger partial charge in [0.25, 0.3) is 11.6 Å². The Balaban J connectivity index is 2.20. The summed E-state index contributed by atoms with van der Waals surface area (Å²) in [7, 11) is 0. The molecule has 2 atom stereocenters. The number of likely N-dealkylation sites (tertiary alicyclic amines) is 1. The maximum absolute atomic E-state index is 12.4. The molecular formula is C14H18N2O4. The smallest absolute Gasteiger partial charge is 0.270 e. The van der Waals surface area contributed by atoms with Crippen LogP contribution in [0.4, 0.5) is 5.69 Å². The van der Waals surface area contributed by atoms with Crippen molar-refractivity contribution in [2.45, 2.75) is 26.4 Å². The zero-order valence-corrected chi connectivity index (χ0v) is 11.6. The highest BCUT2D eigenvalue weighted by molar-refractivity contribution is 5.95. The number of carbonyl (C=O) groups excluding carboxylic acids is 1. The third kappa shape index (κ3) is 2.96. The van der Waals surface area contributed by atoms with E-state index in [0.29, 0.717) is 24.2 Å². The van der Waals surface area contributed by atoms with Crippen LogP contribution in [0, 0.1) is 23.0 Å². The summed E-state index contributed by atoms with van der Waals surface area (Å²) in [5.41, 5.74) is 0.955. The van der Waals surface area contributed by atoms with E-state index in [9.17, 15) is 20.0 Å². The molecule has 0 spiro atoms. The molecule has 108 valence electrons. The monoisotopic (exact) mass is 278 g/mol. The van der Waals surface area contributed by atoms with E-state index in [1.807, 2.05) is 0 Å². The normalized spacial score (nSPS) is 19.9. The van der Waals surface area contributed by atoms with Crippen molar-refractivity contribution < 1.29 is 14.8 Å². The fourth-order valence-electron chi connectivity index (χ4n) is 2.54. The maximum Gasteiger partial charge on any atom is 0.270 e. The van der Waals surface area contributed by atoms with Crippen molar-refractivity contribution >= 4 is 11.6 Å². The highest BCUT2D eigenvalue weighted by Gasteiger charge is 2.30. The van der Waals surface area contributed by atoms with E-state index in [1.165, 1.54) is 12.1 Å². The molecule has 1 heterocycles. The van der Waals surface area contributed by atoms with Gasteiger partial charge in [-0.3, -0.25) is 14.9 Å². The van der Waals surface area contributed by atoms with Crippen LogP contribution in [0.1, 0.15) is 29.3 Å². The third-order valence-electron chi connectivity index (χ3n) is 3.71. The first kappa shape index (κ1) is 14.5. The minimum absolute atomic E-state index is 0.0698. The average Bonchev–Trinajstić information content (AvgIpc) is 2.86. The van der Waals surface area contributed by atoms with Gasteiger partial charge < -0.3 is 10.0 Å². The summed E-state index contributed by atoms with van der Waals surface area (Å²) in [6.07, 6.45) is 0.316. The number of rotatable bonds is 3. The molecule has 0 radical (unpaired) electrons. The van der Waals surface area contributed by atoms with E-state index in [1.54, 1.807) is 24.8 Å². The van der Waals surface area contributed by atoms with E-state index in [-0.39, 0.29) is 17.5 Å². The number of hydrogen-bond donors (Lipinski definition) is 1. The maximum atomic E-state index is 12.4. The van der Waals surface area contributed by atoms with Gasteiger partial charge in [0.15, 0.2) is 0 Å². The first-order chi connectivity index (χ1) is 9.38. The van der Waals surface area contributed by atoms with E-state index in [0.717, 1.165) is 6.42 Å². The average molecular weight is 278 g/mol. The number of nitro groups is 1. The van der Waals surface area contributed by atoms with Crippen molar-refractivity contribution in [1.82, 2.24) is 4.90 Å². The van der Waals surface area contributed by atoms with Crippen molar-refractivity contribution in [1.29, 1.82) is 0 Å². The second-order valence-corrected chi connectivity index (χ2v) is 5.35. The minimum Gasteiger partial charge on any atom is -0.393 e. The van der Waals surface area contributed by atoms with Crippen LogP contribution >= 0.6 is 0 Å². The molecule has 1 aliphatic heterocycles. The predicted octanol–water partition coefficient (Wildman–Crippen LogP) is 1.75. The first-order valence-corrected chi connectivity index (χ1v) is 6.62. The molecule has 0 saturated carbocycles. The van der Waals surface area contributed by atoms with Crippen LogP contribution in [0.25, 0.3) is 0 Å². The van der Waals surface area contributed by atoms with E-state index in [4.69, 9.17) is 0 Å². The zero-order chi connectivity index (χ0) is 14.9. The molecule has 0 bridgehead atoms. The number of non-ortho nitro benzene ring substituents is 1. The molecule has 1 saturated heterocycles. The van der Waals surface area contributed by atoms with Gasteiger partial charge in [-0.05, 0) is 31.9 Å². The molecule has 20 heavy (non-hydrogen) atoms. The molecule has 1 aromatic carbocycles. The molecule has 1 fully saturated rings. The molecule has 1 aromatic rings. The van der Waals surface area contributed by atoms with Gasteiger partial charge in [-0.1, -0.05) is 0 Å². The second-order valence-electron chi connectivity index (χ2n) is 5.35. The van der Waals surface area contributed by atoms with Gasteiger partial charge in [0, 0.05) is 36.7 Å². The minimum atomic E-state index is -0.494. The Morgan fingerprint density at radius 2 is 2.20 bits per heavy atom. The van der Waals surface area contributed by atoms with Gasteiger partial charge >= 0.3 is 0 Å². The summed E-state index contributed by atoms with van der Waals surface area (Å²) in [6.45, 7) is 4.52. The van der Waals surface area contributed by atoms with Gasteiger partial charge in [-0.25, -0.2) is 0 Å². The van der Waals surface area contributed by atoms with E-state index in [2.05, 4.69) is 0 Å². The van der Waals surface area contributed by atoms with Gasteiger partial charge in [-0.2, -0.15) is 0 Å². The number of benzene rings is 1. The molecular weight excluding hydrogens is 260 g/mol. The lowest BCUT2D eigenvalue weighted by Crippen LogP contribution is -2.30. The van der Waals surface area contributed by atoms with Crippen molar-refractivity contribution in [2.75, 3.05) is 13.1 Å². The Kier molecular flexibility index (Phi) is 4.04. The van der Waals surface area contributed by atoms with Crippen LogP contribution < -0.4 is 0 Å². The molecule has 1 aliphatic rings. The molecule has 0 aromatic heterocycles. The van der Waals surface area contributed by atoms with Crippen LogP contribution in [0.3, 0.4) is 0 Å². The summed E-state index contributed by atoms with van der Waals surface area (Å²) in [6, 6.07) is 4.41. The van der Waals surface area contributed by atoms with Crippen LogP contribution in [0.2, 0.25) is 0 Å². The molecule has 6 nitrogen and oxygen atoms in total. The highest BCUT2D eigenvalue weighted by Crippen LogP contribution is 2.23. The van der Waals surface area contributed by atoms with Crippen LogP contribution in [-0.2, 0) is 0 Å². The summed E-state index contributed by atoms with van der Waals surface area (Å²) in [5.74, 6) is -0.126. The highest BCUT2D eigenvalue weighted by atomic mass is 16.6. The van der Waals surface area contributed by atoms with Gasteiger partial charge in [0.1, 0.15) is 0 Å². The van der Waals surface area contributed by atoms with Crippen LogP contribution in [0.5, 0.6) is 0 Å². The van der Waals surface area contributed by atoms with Gasteiger partial charge in [0.2, 0.25) is 0 Å². The molecule has 1 amide bonds. The van der Waals surface area contributed by atoms with Crippen LogP contribution in [-0.4, -0.2) is 40.0 Å². The molecule has 2 unspecified atom stereocenters. The summed E-state index contributed by atoms with van der Waals surface area (Å²) in [4.78, 5) is 24.4. The summed E-state index contributed by atoms with van der Waals surface area (Å²) < 4.78 is 0. The quantitative estimate of drug-likeness (QED) is 0.674. The number of carbonyl (C=O) groups is 1. The lowest BCUT2D eigenvalue weighted by Gasteiger charge is -2.18. The third-order valence-corrected chi connectivity index (χ3v) is 3.71. The SMILES string of the molecule is Cc1cc(C(=O)N2CCC(C(C)O)C2)cc([N+](=O)[O-])c1. The first-order valence-electron chi connectivity index (χ1n) is 6.62. The lowest BCUT2D eigenvalue weighted by molar-refractivity contribution is -0.384. The van der Waals surface area contributed by atoms with Gasteiger partial charge in [-0.15, -0.1) is 0 Å². The number of aryl methyl sites for hydroxylation is 1. The second kappa shape index (κ2) is 5.58. The van der Waals surface area contributed by atoms with Crippen molar-refractivity contribution in [2.24, 2.45) is 5.92 Å². The topological polar surface area (TPSA) is 83.7 Å². The van der Waals surface area contributed by atoms with E-state index < -0.39 is 11.0 Å². The Morgan fingerprint density at radius 3 is 2.75 bits per heavy atom. The van der Waals surface area contributed by atoms with Gasteiger partial charge in [0.05, 0.1) is 11.0 Å². The molecule has 6 heteroatoms. The van der Waals surface area contributed by atoms with Crippen molar-refractivity contribution in [3.05, 3.63) is 39.4 Å². The largest absolute Gasteiger partial charge is 0.393 e. The molecule has 2 rings (SSSR count). The standard InChI is InChI=1S/C14H18N2O4/c1-9-5-12(7-13(6-9)16(19)20)14(18)15-4-3-11(8-15)10(2)17/h5-7,10-11,17H,3-4,8H2,1-2H3. The number of amides is 1. The Morgan fingerprint density at radius 1 is 1.50 bits per heavy atom. The predicted molar refractivity (Wildman–Crippen MR) is 73.5 cm³/mol. The number of hydrogen-bond acceptors (Lipinski definition) is 4. The lowest BCUT2D eigenvalue weighted by atomic mass is 10.0. The fourth-order valence-corrected chi connectivity index (χ4v) is 2.54. The zero-order valence-electron chi connectivity index (χ0n) is 11.6. The Labute approximate surface area is 117 Å². The Bertz CT molecular complexity index is 542. The van der Waals surface area contributed by atoms with Crippen molar-refractivity contribution in [3.63, 3.8) is 0 Å². The van der Waals surface area contributed by atoms with Crippen LogP contribution in [0.15, 0.2) is 18.2 Å². The summed E-state index contributed by atoms with van der Waals surface area (Å²) in [5, 5.41) is 20.4. The number of aliphatic hydroxyl groups is 1. The molecule has 1 N–H and O–H groups in total. The van der Waals surface area contributed by atoms with E-state index >= 15 is 0 Å².